The van der Waals surface area contributed by atoms with Crippen LogP contribution in [0.1, 0.15) is 26.2 Å². The quantitative estimate of drug-likeness (QED) is 0.644. The molecule has 0 spiro atoms. The molecule has 0 aromatic carbocycles. The Hall–Kier alpha value is -1.25. The number of pyridine rings is 1. The molecule has 0 fully saturated rings. The zero-order valence-electron chi connectivity index (χ0n) is 7.90. The zero-order chi connectivity index (χ0) is 9.52. The van der Waals surface area contributed by atoms with Crippen molar-refractivity contribution < 1.29 is 4.84 Å². The van der Waals surface area contributed by atoms with E-state index in [2.05, 4.69) is 6.92 Å². The van der Waals surface area contributed by atoms with Gasteiger partial charge in [-0.1, -0.05) is 25.8 Å². The molecule has 0 saturated heterocycles. The Balaban J connectivity index is 2.37. The number of unbranched alkanes of at least 4 members (excludes halogenated alkanes) is 2. The highest BCUT2D eigenvalue weighted by atomic mass is 16.7. The molecule has 0 atom stereocenters. The Kier molecular flexibility index (Phi) is 4.09. The predicted octanol–water partition coefficient (Wildman–Crippen LogP) is 1.47. The lowest BCUT2D eigenvalue weighted by Crippen LogP contribution is -2.25. The molecule has 0 aliphatic heterocycles. The number of hydrogen-bond acceptors (Lipinski definition) is 2. The topological polar surface area (TPSA) is 31.2 Å². The third-order valence-electron chi connectivity index (χ3n) is 1.77. The van der Waals surface area contributed by atoms with Gasteiger partial charge in [-0.3, -0.25) is 4.79 Å². The summed E-state index contributed by atoms with van der Waals surface area (Å²) >= 11 is 0. The van der Waals surface area contributed by atoms with E-state index in [4.69, 9.17) is 4.84 Å². The second-order valence-corrected chi connectivity index (χ2v) is 2.91. The first-order valence-corrected chi connectivity index (χ1v) is 4.65. The van der Waals surface area contributed by atoms with Gasteiger partial charge >= 0.3 is 0 Å². The minimum absolute atomic E-state index is 0.112. The molecule has 1 aromatic heterocycles. The fourth-order valence-electron chi connectivity index (χ4n) is 1.03. The summed E-state index contributed by atoms with van der Waals surface area (Å²) in [6.07, 6.45) is 4.93. The summed E-state index contributed by atoms with van der Waals surface area (Å²) in [5, 5.41) is 0. The van der Waals surface area contributed by atoms with Gasteiger partial charge in [-0.15, -0.1) is 0 Å². The van der Waals surface area contributed by atoms with Crippen LogP contribution in [0.4, 0.5) is 0 Å². The summed E-state index contributed by atoms with van der Waals surface area (Å²) in [5.41, 5.74) is -0.112. The standard InChI is InChI=1S/C10H15NO2/c1-2-3-6-9-13-11-8-5-4-7-10(11)12/h4-5,7-8H,2-3,6,9H2,1H3. The van der Waals surface area contributed by atoms with Crippen LogP contribution < -0.4 is 10.4 Å². The van der Waals surface area contributed by atoms with Crippen LogP contribution in [0.3, 0.4) is 0 Å². The maximum atomic E-state index is 11.1. The molecule has 0 bridgehead atoms. The molecule has 3 nitrogen and oxygen atoms in total. The second kappa shape index (κ2) is 5.41. The number of aromatic nitrogens is 1. The maximum absolute atomic E-state index is 11.1. The largest absolute Gasteiger partial charge is 0.411 e. The van der Waals surface area contributed by atoms with E-state index in [0.717, 1.165) is 19.3 Å². The lowest BCUT2D eigenvalue weighted by Gasteiger charge is -2.06. The third-order valence-corrected chi connectivity index (χ3v) is 1.77. The van der Waals surface area contributed by atoms with Gasteiger partial charge in [0, 0.05) is 12.3 Å². The van der Waals surface area contributed by atoms with E-state index < -0.39 is 0 Å². The summed E-state index contributed by atoms with van der Waals surface area (Å²) in [6, 6.07) is 4.97. The average molecular weight is 181 g/mol. The van der Waals surface area contributed by atoms with Crippen LogP contribution in [0, 0.1) is 0 Å². The molecule has 0 aliphatic carbocycles. The van der Waals surface area contributed by atoms with Crippen LogP contribution in [0.5, 0.6) is 0 Å². The van der Waals surface area contributed by atoms with Crippen LogP contribution in [0.25, 0.3) is 0 Å². The molecule has 0 amide bonds. The summed E-state index contributed by atoms with van der Waals surface area (Å²) in [7, 11) is 0. The van der Waals surface area contributed by atoms with Gasteiger partial charge in [0.05, 0.1) is 0 Å². The molecule has 3 heteroatoms. The van der Waals surface area contributed by atoms with E-state index in [9.17, 15) is 4.79 Å². The first-order valence-electron chi connectivity index (χ1n) is 4.65. The molecule has 0 radical (unpaired) electrons. The van der Waals surface area contributed by atoms with Crippen LogP contribution in [0.15, 0.2) is 29.2 Å². The third kappa shape index (κ3) is 3.32. The fraction of sp³-hybridized carbons (Fsp3) is 0.500. The Morgan fingerprint density at radius 1 is 1.38 bits per heavy atom. The van der Waals surface area contributed by atoms with Crippen molar-refractivity contribution in [1.82, 2.24) is 4.73 Å². The molecule has 1 heterocycles. The summed E-state index contributed by atoms with van der Waals surface area (Å²) in [6.45, 7) is 2.74. The van der Waals surface area contributed by atoms with Gasteiger partial charge in [0.25, 0.3) is 5.56 Å². The van der Waals surface area contributed by atoms with E-state index in [1.54, 1.807) is 18.3 Å². The van der Waals surface area contributed by atoms with Crippen molar-refractivity contribution >= 4 is 0 Å². The van der Waals surface area contributed by atoms with Gasteiger partial charge < -0.3 is 4.84 Å². The van der Waals surface area contributed by atoms with Gasteiger partial charge in [-0.25, -0.2) is 0 Å². The van der Waals surface area contributed by atoms with Gasteiger partial charge in [0.1, 0.15) is 6.61 Å². The first kappa shape index (κ1) is 9.84. The van der Waals surface area contributed by atoms with Crippen molar-refractivity contribution in [2.75, 3.05) is 6.61 Å². The van der Waals surface area contributed by atoms with Crippen LogP contribution in [-0.2, 0) is 0 Å². The minimum Gasteiger partial charge on any atom is -0.411 e. The average Bonchev–Trinajstić information content (AvgIpc) is 2.15. The fourth-order valence-corrected chi connectivity index (χ4v) is 1.03. The van der Waals surface area contributed by atoms with Gasteiger partial charge in [0.2, 0.25) is 0 Å². The molecule has 0 N–H and O–H groups in total. The van der Waals surface area contributed by atoms with E-state index in [0.29, 0.717) is 6.61 Å². The molecule has 0 unspecified atom stereocenters. The molecule has 0 saturated carbocycles. The SMILES string of the molecule is CCCCCOn1ccccc1=O. The van der Waals surface area contributed by atoms with Crippen LogP contribution >= 0.6 is 0 Å². The maximum Gasteiger partial charge on any atom is 0.282 e. The lowest BCUT2D eigenvalue weighted by molar-refractivity contribution is 0.0985. The van der Waals surface area contributed by atoms with Crippen molar-refractivity contribution in [1.29, 1.82) is 0 Å². The molecule has 72 valence electrons. The zero-order valence-corrected chi connectivity index (χ0v) is 7.90. The highest BCUT2D eigenvalue weighted by Gasteiger charge is 1.92. The van der Waals surface area contributed by atoms with E-state index in [-0.39, 0.29) is 5.56 Å². The molecule has 1 aromatic rings. The molecular formula is C10H15NO2. The monoisotopic (exact) mass is 181 g/mol. The van der Waals surface area contributed by atoms with Crippen molar-refractivity contribution in [2.45, 2.75) is 26.2 Å². The Labute approximate surface area is 77.9 Å². The van der Waals surface area contributed by atoms with Crippen molar-refractivity contribution in [3.8, 4) is 0 Å². The van der Waals surface area contributed by atoms with Crippen LogP contribution in [-0.4, -0.2) is 11.3 Å². The highest BCUT2D eigenvalue weighted by Crippen LogP contribution is 1.91. The van der Waals surface area contributed by atoms with E-state index in [1.165, 1.54) is 10.8 Å². The van der Waals surface area contributed by atoms with Gasteiger partial charge in [-0.05, 0) is 12.5 Å². The van der Waals surface area contributed by atoms with Crippen LogP contribution in [0.2, 0.25) is 0 Å². The van der Waals surface area contributed by atoms with Gasteiger partial charge in [0.15, 0.2) is 0 Å². The van der Waals surface area contributed by atoms with E-state index >= 15 is 0 Å². The van der Waals surface area contributed by atoms with Crippen molar-refractivity contribution in [2.24, 2.45) is 0 Å². The second-order valence-electron chi connectivity index (χ2n) is 2.91. The highest BCUT2D eigenvalue weighted by molar-refractivity contribution is 4.91. The van der Waals surface area contributed by atoms with Crippen molar-refractivity contribution in [3.63, 3.8) is 0 Å². The first-order chi connectivity index (χ1) is 6.34. The number of nitrogens with zero attached hydrogens (tertiary/aromatic N) is 1. The molecular weight excluding hydrogens is 166 g/mol. The normalized spacial score (nSPS) is 9.92. The predicted molar refractivity (Wildman–Crippen MR) is 51.7 cm³/mol. The minimum atomic E-state index is -0.112. The number of hydrogen-bond donors (Lipinski definition) is 0. The number of rotatable bonds is 5. The van der Waals surface area contributed by atoms with Gasteiger partial charge in [-0.2, -0.15) is 4.73 Å². The Morgan fingerprint density at radius 2 is 2.23 bits per heavy atom. The lowest BCUT2D eigenvalue weighted by atomic mass is 10.3. The molecule has 1 rings (SSSR count). The Bertz CT molecular complexity index is 293. The Morgan fingerprint density at radius 3 is 2.92 bits per heavy atom. The molecule has 0 aliphatic rings. The van der Waals surface area contributed by atoms with Crippen molar-refractivity contribution in [3.05, 3.63) is 34.7 Å². The molecule has 13 heavy (non-hydrogen) atoms. The van der Waals surface area contributed by atoms with E-state index in [1.807, 2.05) is 0 Å². The summed E-state index contributed by atoms with van der Waals surface area (Å²) < 4.78 is 1.27. The summed E-state index contributed by atoms with van der Waals surface area (Å²) in [4.78, 5) is 16.4. The summed E-state index contributed by atoms with van der Waals surface area (Å²) in [5.74, 6) is 0. The smallest absolute Gasteiger partial charge is 0.282 e.